The number of rotatable bonds is 2. The Bertz CT molecular complexity index is 504. The number of carbonyl (C=O) groups excluding carboxylic acids is 1. The molecule has 0 atom stereocenters. The van der Waals surface area contributed by atoms with Gasteiger partial charge in [-0.2, -0.15) is 0 Å². The van der Waals surface area contributed by atoms with Crippen LogP contribution in [0.1, 0.15) is 12.0 Å². The fourth-order valence-electron chi connectivity index (χ4n) is 0.851. The van der Waals surface area contributed by atoms with Gasteiger partial charge in [-0.15, -0.1) is 0 Å². The molecule has 1 amide bonds. The number of nitro groups is 1. The number of nitrogens with zero attached hydrogens (tertiary/aromatic N) is 2. The van der Waals surface area contributed by atoms with Gasteiger partial charge in [0.15, 0.2) is 0 Å². The first-order valence-electron chi connectivity index (χ1n) is 4.08. The molecule has 0 aromatic carbocycles. The van der Waals surface area contributed by atoms with Gasteiger partial charge in [-0.25, -0.2) is 4.98 Å². The zero-order valence-corrected chi connectivity index (χ0v) is 8.69. The van der Waals surface area contributed by atoms with Crippen molar-refractivity contribution in [1.29, 1.82) is 0 Å². The Morgan fingerprint density at radius 2 is 2.38 bits per heavy atom. The lowest BCUT2D eigenvalue weighted by atomic mass is 10.2. The van der Waals surface area contributed by atoms with Crippen LogP contribution in [-0.4, -0.2) is 15.8 Å². The highest BCUT2D eigenvalue weighted by Gasteiger charge is 2.09. The van der Waals surface area contributed by atoms with E-state index in [4.69, 9.17) is 17.3 Å². The highest BCUT2D eigenvalue weighted by atomic mass is 35.5. The first kappa shape index (κ1) is 11.9. The van der Waals surface area contributed by atoms with Crippen LogP contribution in [0.5, 0.6) is 0 Å². The Labute approximate surface area is 95.6 Å². The Morgan fingerprint density at radius 1 is 1.69 bits per heavy atom. The van der Waals surface area contributed by atoms with E-state index in [1.54, 1.807) is 0 Å². The van der Waals surface area contributed by atoms with E-state index in [9.17, 15) is 14.9 Å². The number of hydrogen-bond donors (Lipinski definition) is 1. The van der Waals surface area contributed by atoms with Crippen molar-refractivity contribution in [3.05, 3.63) is 33.1 Å². The summed E-state index contributed by atoms with van der Waals surface area (Å²) in [7, 11) is 0. The summed E-state index contributed by atoms with van der Waals surface area (Å²) >= 11 is 5.66. The van der Waals surface area contributed by atoms with Crippen LogP contribution >= 0.6 is 11.6 Å². The Kier molecular flexibility index (Phi) is 3.80. The average Bonchev–Trinajstić information content (AvgIpc) is 2.20. The van der Waals surface area contributed by atoms with Gasteiger partial charge in [-0.05, 0) is 0 Å². The second kappa shape index (κ2) is 5.09. The quantitative estimate of drug-likeness (QED) is 0.358. The van der Waals surface area contributed by atoms with Gasteiger partial charge in [0, 0.05) is 6.07 Å². The van der Waals surface area contributed by atoms with Gasteiger partial charge >= 0.3 is 0 Å². The van der Waals surface area contributed by atoms with E-state index in [1.807, 2.05) is 0 Å². The number of hydrogen-bond acceptors (Lipinski definition) is 4. The van der Waals surface area contributed by atoms with Crippen LogP contribution in [0, 0.1) is 22.0 Å². The van der Waals surface area contributed by atoms with Crippen molar-refractivity contribution < 1.29 is 9.72 Å². The molecule has 82 valence electrons. The molecule has 1 aromatic heterocycles. The van der Waals surface area contributed by atoms with Crippen molar-refractivity contribution in [3.63, 3.8) is 0 Å². The molecule has 0 saturated carbocycles. The molecule has 1 rings (SSSR count). The number of amides is 1. The second-order valence-corrected chi connectivity index (χ2v) is 3.09. The van der Waals surface area contributed by atoms with Crippen molar-refractivity contribution in [2.24, 2.45) is 5.73 Å². The number of carbonyl (C=O) groups is 1. The fraction of sp³-hybridized carbons (Fsp3) is 0.111. The molecule has 0 spiro atoms. The molecule has 2 N–H and O–H groups in total. The SMILES string of the molecule is NC(=O)CC#Cc1cc([N+](=O)[O-])cnc1Cl. The molecule has 0 aliphatic rings. The molecule has 0 radical (unpaired) electrons. The Hall–Kier alpha value is -2.13. The number of halogens is 1. The van der Waals surface area contributed by atoms with Gasteiger partial charge in [0.05, 0.1) is 16.9 Å². The monoisotopic (exact) mass is 239 g/mol. The topological polar surface area (TPSA) is 99.1 Å². The van der Waals surface area contributed by atoms with Crippen LogP contribution in [0.25, 0.3) is 0 Å². The Morgan fingerprint density at radius 3 is 2.94 bits per heavy atom. The van der Waals surface area contributed by atoms with Crippen LogP contribution in [0.3, 0.4) is 0 Å². The third-order valence-electron chi connectivity index (χ3n) is 1.52. The molecule has 0 fully saturated rings. The summed E-state index contributed by atoms with van der Waals surface area (Å²) in [5, 5.41) is 10.5. The molecular formula is C9H6ClN3O3. The van der Waals surface area contributed by atoms with E-state index in [0.717, 1.165) is 6.20 Å². The van der Waals surface area contributed by atoms with Crippen LogP contribution in [0.15, 0.2) is 12.3 Å². The number of primary amides is 1. The molecule has 16 heavy (non-hydrogen) atoms. The molecule has 0 aliphatic carbocycles. The van der Waals surface area contributed by atoms with E-state index in [0.29, 0.717) is 0 Å². The third-order valence-corrected chi connectivity index (χ3v) is 1.82. The highest BCUT2D eigenvalue weighted by molar-refractivity contribution is 6.30. The normalized spacial score (nSPS) is 9.06. The summed E-state index contributed by atoms with van der Waals surface area (Å²) in [5.74, 6) is 4.34. The maximum absolute atomic E-state index is 10.4. The molecule has 7 heteroatoms. The summed E-state index contributed by atoms with van der Waals surface area (Å²) in [6.45, 7) is 0. The second-order valence-electron chi connectivity index (χ2n) is 2.73. The predicted molar refractivity (Wildman–Crippen MR) is 56.6 cm³/mol. The zero-order valence-electron chi connectivity index (χ0n) is 7.94. The van der Waals surface area contributed by atoms with Crippen molar-refractivity contribution in [3.8, 4) is 11.8 Å². The average molecular weight is 240 g/mol. The highest BCUT2D eigenvalue weighted by Crippen LogP contribution is 2.17. The number of nitrogens with two attached hydrogens (primary N) is 1. The van der Waals surface area contributed by atoms with Crippen LogP contribution < -0.4 is 5.73 Å². The van der Waals surface area contributed by atoms with Gasteiger partial charge < -0.3 is 5.73 Å². The minimum Gasteiger partial charge on any atom is -0.369 e. The molecule has 1 heterocycles. The molecule has 0 saturated heterocycles. The summed E-state index contributed by atoms with van der Waals surface area (Å²) < 4.78 is 0. The molecule has 1 aromatic rings. The molecule has 0 bridgehead atoms. The summed E-state index contributed by atoms with van der Waals surface area (Å²) in [5.41, 5.74) is 4.85. The Balaban J connectivity index is 3.01. The van der Waals surface area contributed by atoms with Crippen molar-refractivity contribution in [2.75, 3.05) is 0 Å². The predicted octanol–water partition coefficient (Wildman–Crippen LogP) is 0.870. The van der Waals surface area contributed by atoms with E-state index in [-0.39, 0.29) is 22.8 Å². The minimum absolute atomic E-state index is 0.0440. The summed E-state index contributed by atoms with van der Waals surface area (Å²) in [6, 6.07) is 1.18. The lowest BCUT2D eigenvalue weighted by Gasteiger charge is -1.94. The van der Waals surface area contributed by atoms with Crippen LogP contribution in [0.2, 0.25) is 5.15 Å². The number of aromatic nitrogens is 1. The summed E-state index contributed by atoms with van der Waals surface area (Å²) in [4.78, 5) is 23.9. The van der Waals surface area contributed by atoms with Gasteiger partial charge in [-0.3, -0.25) is 14.9 Å². The van der Waals surface area contributed by atoms with Crippen LogP contribution in [-0.2, 0) is 4.79 Å². The maximum Gasteiger partial charge on any atom is 0.288 e. The van der Waals surface area contributed by atoms with Crippen LogP contribution in [0.4, 0.5) is 5.69 Å². The van der Waals surface area contributed by atoms with Crippen molar-refractivity contribution in [1.82, 2.24) is 4.98 Å². The van der Waals surface area contributed by atoms with Gasteiger partial charge in [0.1, 0.15) is 11.3 Å². The molecule has 6 nitrogen and oxygen atoms in total. The van der Waals surface area contributed by atoms with Gasteiger partial charge in [0.25, 0.3) is 5.69 Å². The van der Waals surface area contributed by atoms with E-state index in [1.165, 1.54) is 6.07 Å². The first-order valence-corrected chi connectivity index (χ1v) is 4.45. The third kappa shape index (κ3) is 3.22. The van der Waals surface area contributed by atoms with E-state index >= 15 is 0 Å². The first-order chi connectivity index (χ1) is 7.50. The lowest BCUT2D eigenvalue weighted by Crippen LogP contribution is -2.08. The van der Waals surface area contributed by atoms with Gasteiger partial charge in [0.2, 0.25) is 5.91 Å². The standard InChI is InChI=1S/C9H6ClN3O3/c10-9-6(2-1-3-8(11)14)4-7(5-12-9)13(15)16/h4-5H,3H2,(H2,11,14). The van der Waals surface area contributed by atoms with Gasteiger partial charge in [-0.1, -0.05) is 23.4 Å². The smallest absolute Gasteiger partial charge is 0.288 e. The maximum atomic E-state index is 10.4. The minimum atomic E-state index is -0.609. The van der Waals surface area contributed by atoms with Crippen molar-refractivity contribution in [2.45, 2.75) is 6.42 Å². The summed E-state index contributed by atoms with van der Waals surface area (Å²) in [6.07, 6.45) is 0.890. The zero-order chi connectivity index (χ0) is 12.1. The van der Waals surface area contributed by atoms with E-state index in [2.05, 4.69) is 16.8 Å². The fourth-order valence-corrected chi connectivity index (χ4v) is 1.00. The largest absolute Gasteiger partial charge is 0.369 e. The number of pyridine rings is 1. The molecule has 0 unspecified atom stereocenters. The lowest BCUT2D eigenvalue weighted by molar-refractivity contribution is -0.385. The van der Waals surface area contributed by atoms with E-state index < -0.39 is 10.8 Å². The molecule has 0 aliphatic heterocycles. The van der Waals surface area contributed by atoms with Crippen molar-refractivity contribution >= 4 is 23.2 Å². The molecular weight excluding hydrogens is 234 g/mol.